The van der Waals surface area contributed by atoms with Gasteiger partial charge in [0.15, 0.2) is 0 Å². The van der Waals surface area contributed by atoms with Crippen molar-refractivity contribution in [1.29, 1.82) is 0 Å². The molecular weight excluding hydrogens is 293 g/mol. The molecule has 0 atom stereocenters. The third-order valence-corrected chi connectivity index (χ3v) is 6.92. The van der Waals surface area contributed by atoms with Crippen LogP contribution in [0.25, 0.3) is 0 Å². The van der Waals surface area contributed by atoms with Crippen LogP contribution in [0.1, 0.15) is 14.3 Å². The molecule has 0 amide bonds. The first-order chi connectivity index (χ1) is 8.21. The smallest absolute Gasteiger partial charge is 0.0393 e. The molecule has 0 aromatic heterocycles. The first-order valence-corrected chi connectivity index (χ1v) is 13.8. The van der Waals surface area contributed by atoms with Gasteiger partial charge in [0.05, 0.1) is 0 Å². The fraction of sp³-hybridized carbons (Fsp3) is 0.500. The summed E-state index contributed by atoms with van der Waals surface area (Å²) in [6.45, 7) is 14.1. The van der Waals surface area contributed by atoms with Gasteiger partial charge in [0.1, 0.15) is 0 Å². The third-order valence-electron chi connectivity index (χ3n) is 3.01. The van der Waals surface area contributed by atoms with E-state index in [2.05, 4.69) is 75.7 Å². The van der Waals surface area contributed by atoms with Gasteiger partial charge in [0.25, 0.3) is 0 Å². The molecule has 19 heavy (non-hydrogen) atoms. The van der Waals surface area contributed by atoms with Gasteiger partial charge in [-0.2, -0.15) is 12.2 Å². The molecule has 0 spiro atoms. The molecule has 0 fully saturated rings. The van der Waals surface area contributed by atoms with Crippen LogP contribution in [0.5, 0.6) is 0 Å². The van der Waals surface area contributed by atoms with Crippen LogP contribution in [0.2, 0.25) is 39.3 Å². The van der Waals surface area contributed by atoms with E-state index in [1.807, 2.05) is 0 Å². The Balaban J connectivity index is 0. The minimum atomic E-state index is -1.01. The van der Waals surface area contributed by atoms with Gasteiger partial charge >= 0.3 is 0 Å². The second-order valence-corrected chi connectivity index (χ2v) is 17.0. The summed E-state index contributed by atoms with van der Waals surface area (Å²) in [4.78, 5) is 0. The van der Waals surface area contributed by atoms with Gasteiger partial charge in [-0.3, -0.25) is 12.2 Å². The Morgan fingerprint density at radius 3 is 1.21 bits per heavy atom. The third kappa shape index (κ3) is 7.00. The molecule has 0 bridgehead atoms. The summed E-state index contributed by atoms with van der Waals surface area (Å²) in [5.74, 6) is 0. The molecule has 2 aliphatic rings. The number of allylic oxidation sites excluding steroid dienone is 8. The van der Waals surface area contributed by atoms with Gasteiger partial charge in [0, 0.05) is 42.0 Å². The van der Waals surface area contributed by atoms with Gasteiger partial charge in [-0.15, -0.1) is 12.8 Å². The van der Waals surface area contributed by atoms with Crippen LogP contribution in [-0.2, 0) is 25.8 Å². The quantitative estimate of drug-likeness (QED) is 0.483. The maximum absolute atomic E-state index is 3.36. The van der Waals surface area contributed by atoms with Gasteiger partial charge in [-0.1, -0.05) is 39.3 Å². The van der Waals surface area contributed by atoms with E-state index in [4.69, 9.17) is 0 Å². The minimum Gasteiger partial charge on any atom is -1.00 e. The summed E-state index contributed by atoms with van der Waals surface area (Å²) in [6.07, 6.45) is 17.6. The van der Waals surface area contributed by atoms with Crippen molar-refractivity contribution in [2.75, 3.05) is 0 Å². The normalized spacial score (nSPS) is 17.4. The van der Waals surface area contributed by atoms with Crippen LogP contribution >= 0.6 is 0 Å². The van der Waals surface area contributed by atoms with E-state index in [9.17, 15) is 0 Å². The Labute approximate surface area is 142 Å². The van der Waals surface area contributed by atoms with Crippen LogP contribution in [0.4, 0.5) is 0 Å². The fourth-order valence-corrected chi connectivity index (χ4v) is 4.34. The molecular formula is C16H27ScSi2-3. The summed E-state index contributed by atoms with van der Waals surface area (Å²) in [7, 11) is -2.01. The Bertz CT molecular complexity index is 367. The molecule has 0 N–H and O–H groups in total. The predicted octanol–water partition coefficient (Wildman–Crippen LogP) is 5.22. The predicted molar refractivity (Wildman–Crippen MR) is 88.8 cm³/mol. The van der Waals surface area contributed by atoms with Crippen molar-refractivity contribution in [2.45, 2.75) is 52.1 Å². The standard InChI is InChI=1S/2C8H13Si.Sc.H/c2*1-9(2,3)8-6-4-5-7-8;;/h2*4,6H,5H2,1-3H3;;/q2*-1;;-1. The summed E-state index contributed by atoms with van der Waals surface area (Å²) >= 11 is 0. The van der Waals surface area contributed by atoms with Crippen LogP contribution < -0.4 is 0 Å². The van der Waals surface area contributed by atoms with Crippen molar-refractivity contribution >= 4 is 16.1 Å². The zero-order valence-electron chi connectivity index (χ0n) is 14.3. The molecule has 105 valence electrons. The topological polar surface area (TPSA) is 0 Å². The number of rotatable bonds is 2. The second kappa shape index (κ2) is 7.89. The van der Waals surface area contributed by atoms with E-state index >= 15 is 0 Å². The second-order valence-electron chi connectivity index (χ2n) is 6.89. The van der Waals surface area contributed by atoms with Crippen molar-refractivity contribution in [3.63, 3.8) is 0 Å². The van der Waals surface area contributed by atoms with E-state index in [1.165, 1.54) is 10.4 Å². The Hall–Kier alpha value is 0.264. The van der Waals surface area contributed by atoms with E-state index < -0.39 is 16.1 Å². The van der Waals surface area contributed by atoms with Gasteiger partial charge in [0.2, 0.25) is 0 Å². The molecule has 0 unspecified atom stereocenters. The summed E-state index contributed by atoms with van der Waals surface area (Å²) in [5, 5.41) is 2.98. The zero-order chi connectivity index (χ0) is 13.8. The molecule has 0 aromatic carbocycles. The van der Waals surface area contributed by atoms with Gasteiger partial charge in [-0.25, -0.2) is 22.5 Å². The van der Waals surface area contributed by atoms with Crippen molar-refractivity contribution in [3.05, 3.63) is 46.8 Å². The molecule has 0 heterocycles. The average Bonchev–Trinajstić information content (AvgIpc) is 2.91. The average molecular weight is 321 g/mol. The fourth-order valence-electron chi connectivity index (χ4n) is 1.84. The molecule has 0 aromatic rings. The number of hydrogen-bond donors (Lipinski definition) is 0. The number of hydrogen-bond acceptors (Lipinski definition) is 0. The molecule has 1 radical (unpaired) electrons. The monoisotopic (exact) mass is 320 g/mol. The molecule has 3 heteroatoms. The summed E-state index contributed by atoms with van der Waals surface area (Å²) in [6, 6.07) is 0. The molecule has 0 aliphatic heterocycles. The van der Waals surface area contributed by atoms with Crippen molar-refractivity contribution in [3.8, 4) is 0 Å². The van der Waals surface area contributed by atoms with Crippen LogP contribution in [0, 0.1) is 12.2 Å². The van der Waals surface area contributed by atoms with Gasteiger partial charge in [-0.05, 0) is 0 Å². The Morgan fingerprint density at radius 1 is 0.789 bits per heavy atom. The van der Waals surface area contributed by atoms with E-state index in [0.717, 1.165) is 12.8 Å². The maximum atomic E-state index is 3.36. The SMILES string of the molecule is C[Si](C)(C)C1=[C-]CC=C1.C[Si](C)(C)C1=[C-]CC=C1.[H-].[Sc]. The molecule has 2 rings (SSSR count). The first kappa shape index (κ1) is 19.3. The maximum Gasteiger partial charge on any atom is 0.0393 e. The zero-order valence-corrected chi connectivity index (χ0v) is 17.1. The molecule has 0 saturated heterocycles. The largest absolute Gasteiger partial charge is 1.00 e. The summed E-state index contributed by atoms with van der Waals surface area (Å²) in [5.41, 5.74) is 0. The van der Waals surface area contributed by atoms with Crippen LogP contribution in [0.3, 0.4) is 0 Å². The van der Waals surface area contributed by atoms with E-state index in [1.54, 1.807) is 0 Å². The molecule has 0 nitrogen and oxygen atoms in total. The van der Waals surface area contributed by atoms with Crippen LogP contribution in [0.15, 0.2) is 34.7 Å². The first-order valence-electron chi connectivity index (χ1n) is 6.77. The van der Waals surface area contributed by atoms with Crippen molar-refractivity contribution in [2.24, 2.45) is 0 Å². The Kier molecular flexibility index (Phi) is 8.00. The summed E-state index contributed by atoms with van der Waals surface area (Å²) < 4.78 is 0. The molecule has 0 saturated carbocycles. The van der Waals surface area contributed by atoms with Gasteiger partial charge < -0.3 is 1.43 Å². The molecule has 2 aliphatic carbocycles. The minimum absolute atomic E-state index is 0. The van der Waals surface area contributed by atoms with Crippen LogP contribution in [-0.4, -0.2) is 16.1 Å². The Morgan fingerprint density at radius 2 is 1.11 bits per heavy atom. The van der Waals surface area contributed by atoms with E-state index in [-0.39, 0.29) is 27.3 Å². The van der Waals surface area contributed by atoms with Crippen molar-refractivity contribution in [1.82, 2.24) is 0 Å². The van der Waals surface area contributed by atoms with E-state index in [0.29, 0.717) is 0 Å². The van der Waals surface area contributed by atoms with Crippen molar-refractivity contribution < 1.29 is 27.3 Å².